The van der Waals surface area contributed by atoms with Crippen LogP contribution in [0.2, 0.25) is 0 Å². The van der Waals surface area contributed by atoms with Gasteiger partial charge in [-0.25, -0.2) is 9.18 Å². The van der Waals surface area contributed by atoms with E-state index in [-0.39, 0.29) is 12.3 Å². The number of hydrogen-bond acceptors (Lipinski definition) is 7. The standard InChI is InChI=1S/C20H14F4N2O6S/c1-2-31-19(28)18-16(11-17(27)26(25-18)14-8-6-13(21)7-9-14)32-33(29,30)15-5-3-4-12(10-15)20(22,23)24/h3-11H,2H2,1H3. The summed E-state index contributed by atoms with van der Waals surface area (Å²) in [6.45, 7) is 1.31. The fourth-order valence-electron chi connectivity index (χ4n) is 2.61. The SMILES string of the molecule is CCOC(=O)c1nn(-c2ccc(F)cc2)c(=O)cc1OS(=O)(=O)c1cccc(C(F)(F)F)c1. The van der Waals surface area contributed by atoms with Gasteiger partial charge in [-0.05, 0) is 49.4 Å². The Hall–Kier alpha value is -3.74. The summed E-state index contributed by atoms with van der Waals surface area (Å²) in [5.41, 5.74) is -2.91. The number of alkyl halides is 3. The van der Waals surface area contributed by atoms with E-state index in [1.165, 1.54) is 19.1 Å². The molecule has 0 saturated carbocycles. The molecule has 13 heteroatoms. The second kappa shape index (κ2) is 9.02. The lowest BCUT2D eigenvalue weighted by Gasteiger charge is -2.13. The van der Waals surface area contributed by atoms with Crippen molar-refractivity contribution in [3.05, 3.63) is 82.0 Å². The third-order valence-corrected chi connectivity index (χ3v) is 5.32. The largest absolute Gasteiger partial charge is 0.461 e. The Morgan fingerprint density at radius 1 is 1.09 bits per heavy atom. The molecule has 174 valence electrons. The van der Waals surface area contributed by atoms with Gasteiger partial charge in [0.2, 0.25) is 5.69 Å². The Labute approximate surface area is 184 Å². The van der Waals surface area contributed by atoms with Gasteiger partial charge in [-0.15, -0.1) is 0 Å². The second-order valence-corrected chi connectivity index (χ2v) is 7.91. The molecule has 0 bridgehead atoms. The molecule has 0 amide bonds. The number of aromatic nitrogens is 2. The van der Waals surface area contributed by atoms with E-state index in [0.29, 0.717) is 22.9 Å². The normalized spacial score (nSPS) is 11.8. The Kier molecular flexibility index (Phi) is 6.53. The van der Waals surface area contributed by atoms with Gasteiger partial charge in [-0.2, -0.15) is 31.4 Å². The summed E-state index contributed by atoms with van der Waals surface area (Å²) >= 11 is 0. The highest BCUT2D eigenvalue weighted by atomic mass is 32.2. The molecular weight excluding hydrogens is 472 g/mol. The number of ether oxygens (including phenoxy) is 1. The quantitative estimate of drug-likeness (QED) is 0.299. The van der Waals surface area contributed by atoms with E-state index in [4.69, 9.17) is 8.92 Å². The fourth-order valence-corrected chi connectivity index (χ4v) is 3.58. The summed E-state index contributed by atoms with van der Waals surface area (Å²) in [5.74, 6) is -2.62. The zero-order valence-electron chi connectivity index (χ0n) is 16.7. The van der Waals surface area contributed by atoms with E-state index < -0.39 is 55.5 Å². The van der Waals surface area contributed by atoms with Gasteiger partial charge in [0.05, 0.1) is 23.9 Å². The second-order valence-electron chi connectivity index (χ2n) is 6.37. The van der Waals surface area contributed by atoms with E-state index >= 15 is 0 Å². The van der Waals surface area contributed by atoms with Gasteiger partial charge < -0.3 is 8.92 Å². The topological polar surface area (TPSA) is 105 Å². The van der Waals surface area contributed by atoms with Crippen LogP contribution in [0.1, 0.15) is 23.0 Å². The van der Waals surface area contributed by atoms with Crippen molar-refractivity contribution in [2.24, 2.45) is 0 Å². The minimum atomic E-state index is -4.91. The van der Waals surface area contributed by atoms with Crippen LogP contribution in [0.4, 0.5) is 17.6 Å². The van der Waals surface area contributed by atoms with Crippen LogP contribution in [0.5, 0.6) is 5.75 Å². The maximum atomic E-state index is 13.2. The first-order chi connectivity index (χ1) is 15.4. The molecule has 1 aromatic heterocycles. The zero-order chi connectivity index (χ0) is 24.4. The molecule has 0 atom stereocenters. The molecule has 0 unspecified atom stereocenters. The van der Waals surface area contributed by atoms with Crippen LogP contribution < -0.4 is 9.74 Å². The number of rotatable bonds is 6. The molecule has 2 aromatic carbocycles. The molecule has 3 rings (SSSR count). The molecule has 0 aliphatic rings. The van der Waals surface area contributed by atoms with Crippen LogP contribution >= 0.6 is 0 Å². The van der Waals surface area contributed by atoms with Crippen LogP contribution in [0, 0.1) is 5.82 Å². The first-order valence-electron chi connectivity index (χ1n) is 9.11. The van der Waals surface area contributed by atoms with Gasteiger partial charge >= 0.3 is 22.3 Å². The van der Waals surface area contributed by atoms with Crippen molar-refractivity contribution in [1.29, 1.82) is 0 Å². The van der Waals surface area contributed by atoms with Crippen molar-refractivity contribution in [2.45, 2.75) is 18.0 Å². The van der Waals surface area contributed by atoms with Gasteiger partial charge in [0, 0.05) is 0 Å². The molecule has 0 aliphatic heterocycles. The molecule has 8 nitrogen and oxygen atoms in total. The van der Waals surface area contributed by atoms with Gasteiger partial charge in [-0.1, -0.05) is 6.07 Å². The predicted molar refractivity (Wildman–Crippen MR) is 105 cm³/mol. The van der Waals surface area contributed by atoms with Crippen molar-refractivity contribution >= 4 is 16.1 Å². The highest BCUT2D eigenvalue weighted by Gasteiger charge is 2.32. The number of carbonyl (C=O) groups excluding carboxylic acids is 1. The first-order valence-corrected chi connectivity index (χ1v) is 10.5. The lowest BCUT2D eigenvalue weighted by molar-refractivity contribution is -0.137. The number of hydrogen-bond donors (Lipinski definition) is 0. The highest BCUT2D eigenvalue weighted by Crippen LogP contribution is 2.31. The Morgan fingerprint density at radius 2 is 1.76 bits per heavy atom. The van der Waals surface area contributed by atoms with E-state index in [1.54, 1.807) is 0 Å². The fraction of sp³-hybridized carbons (Fsp3) is 0.150. The zero-order valence-corrected chi connectivity index (χ0v) is 17.5. The van der Waals surface area contributed by atoms with Crippen LogP contribution in [-0.4, -0.2) is 30.8 Å². The smallest absolute Gasteiger partial charge is 0.416 e. The monoisotopic (exact) mass is 486 g/mol. The molecule has 0 aliphatic carbocycles. The van der Waals surface area contributed by atoms with E-state index in [0.717, 1.165) is 24.3 Å². The summed E-state index contributed by atoms with van der Waals surface area (Å²) in [5, 5.41) is 3.76. The molecule has 0 fully saturated rings. The summed E-state index contributed by atoms with van der Waals surface area (Å²) < 4.78 is 87.5. The minimum absolute atomic E-state index is 0.0410. The van der Waals surface area contributed by atoms with Crippen LogP contribution in [0.25, 0.3) is 5.69 Å². The summed E-state index contributed by atoms with van der Waals surface area (Å²) in [6.07, 6.45) is -4.82. The minimum Gasteiger partial charge on any atom is -0.461 e. The maximum absolute atomic E-state index is 13.2. The van der Waals surface area contributed by atoms with Crippen molar-refractivity contribution in [2.75, 3.05) is 6.61 Å². The number of benzene rings is 2. The number of carbonyl (C=O) groups is 1. The van der Waals surface area contributed by atoms with Gasteiger partial charge in [0.1, 0.15) is 10.7 Å². The van der Waals surface area contributed by atoms with Gasteiger partial charge in [0.25, 0.3) is 5.56 Å². The lowest BCUT2D eigenvalue weighted by atomic mass is 10.2. The highest BCUT2D eigenvalue weighted by molar-refractivity contribution is 7.87. The Bertz CT molecular complexity index is 1350. The van der Waals surface area contributed by atoms with Crippen molar-refractivity contribution in [1.82, 2.24) is 9.78 Å². The summed E-state index contributed by atoms with van der Waals surface area (Å²) in [7, 11) is -4.91. The molecule has 3 aromatic rings. The van der Waals surface area contributed by atoms with E-state index in [1.807, 2.05) is 0 Å². The maximum Gasteiger partial charge on any atom is 0.416 e. The molecule has 0 radical (unpaired) electrons. The van der Waals surface area contributed by atoms with Crippen molar-refractivity contribution in [3.63, 3.8) is 0 Å². The Balaban J connectivity index is 2.10. The van der Waals surface area contributed by atoms with Crippen LogP contribution in [0.3, 0.4) is 0 Å². The number of esters is 1. The lowest BCUT2D eigenvalue weighted by Crippen LogP contribution is -2.26. The van der Waals surface area contributed by atoms with Crippen LogP contribution in [0.15, 0.2) is 64.3 Å². The van der Waals surface area contributed by atoms with Gasteiger partial charge in [0.15, 0.2) is 5.75 Å². The van der Waals surface area contributed by atoms with Crippen molar-refractivity contribution < 1.29 is 39.7 Å². The molecule has 0 spiro atoms. The third kappa shape index (κ3) is 5.37. The molecule has 0 N–H and O–H groups in total. The predicted octanol–water partition coefficient (Wildman–Crippen LogP) is 3.33. The molecule has 1 heterocycles. The van der Waals surface area contributed by atoms with Gasteiger partial charge in [-0.3, -0.25) is 4.79 Å². The third-order valence-electron chi connectivity index (χ3n) is 4.09. The summed E-state index contributed by atoms with van der Waals surface area (Å²) in [4.78, 5) is 24.0. The summed E-state index contributed by atoms with van der Waals surface area (Å²) in [6, 6.07) is 7.72. The molecular formula is C20H14F4N2O6S. The van der Waals surface area contributed by atoms with E-state index in [2.05, 4.69) is 5.10 Å². The number of nitrogens with zero attached hydrogens (tertiary/aromatic N) is 2. The van der Waals surface area contributed by atoms with Crippen molar-refractivity contribution in [3.8, 4) is 11.4 Å². The molecule has 33 heavy (non-hydrogen) atoms. The average molecular weight is 486 g/mol. The first kappa shape index (κ1) is 23.9. The average Bonchev–Trinajstić information content (AvgIpc) is 2.74. The molecule has 0 saturated heterocycles. The number of halogens is 4. The van der Waals surface area contributed by atoms with E-state index in [9.17, 15) is 35.6 Å². The van der Waals surface area contributed by atoms with Crippen LogP contribution in [-0.2, 0) is 21.0 Å². The Morgan fingerprint density at radius 3 is 2.36 bits per heavy atom.